The van der Waals surface area contributed by atoms with E-state index >= 15 is 0 Å². The summed E-state index contributed by atoms with van der Waals surface area (Å²) in [6, 6.07) is 8.57. The molecule has 0 fully saturated rings. The highest BCUT2D eigenvalue weighted by Crippen LogP contribution is 2.35. The normalized spacial score (nSPS) is 12.8. The zero-order valence-electron chi connectivity index (χ0n) is 14.1. The number of anilines is 1. The molecule has 0 radical (unpaired) electrons. The van der Waals surface area contributed by atoms with E-state index in [0.717, 1.165) is 21.2 Å². The van der Waals surface area contributed by atoms with Crippen LogP contribution in [0, 0.1) is 0 Å². The van der Waals surface area contributed by atoms with Crippen LogP contribution in [0.2, 0.25) is 15.1 Å². The second-order valence-electron chi connectivity index (χ2n) is 6.05. The molecule has 0 unspecified atom stereocenters. The summed E-state index contributed by atoms with van der Waals surface area (Å²) in [5, 5.41) is 6.03. The maximum atomic E-state index is 12.6. The van der Waals surface area contributed by atoms with E-state index in [1.165, 1.54) is 23.1 Å². The van der Waals surface area contributed by atoms with Crippen LogP contribution in [-0.2, 0) is 11.2 Å². The van der Waals surface area contributed by atoms with Crippen molar-refractivity contribution < 1.29 is 9.59 Å². The van der Waals surface area contributed by atoms with Crippen LogP contribution in [0.3, 0.4) is 0 Å². The molecule has 1 aliphatic heterocycles. The monoisotopic (exact) mass is 468 g/mol. The SMILES string of the molecule is O=C1Cc2cc(C(=O)CSc3nc(-c4ccc(Cl)cc4Cl)cs3)c(Cl)cc2N1. The van der Waals surface area contributed by atoms with Crippen molar-refractivity contribution in [3.8, 4) is 11.3 Å². The average molecular weight is 470 g/mol. The van der Waals surface area contributed by atoms with Crippen LogP contribution in [0.4, 0.5) is 5.69 Å². The van der Waals surface area contributed by atoms with Crippen LogP contribution in [0.25, 0.3) is 11.3 Å². The number of thiazole rings is 1. The van der Waals surface area contributed by atoms with Gasteiger partial charge in [0, 0.05) is 27.2 Å². The minimum Gasteiger partial charge on any atom is -0.325 e. The standard InChI is InChI=1S/C19H11Cl3N2O2S2/c20-10-1-2-11(13(21)5-10)16-7-27-19(24-16)28-8-17(25)12-3-9-4-18(26)23-15(9)6-14(12)22/h1-3,5-7H,4,8H2,(H,23,26). The Balaban J connectivity index is 1.47. The number of benzene rings is 2. The van der Waals surface area contributed by atoms with E-state index in [1.54, 1.807) is 24.3 Å². The van der Waals surface area contributed by atoms with Gasteiger partial charge in [-0.2, -0.15) is 0 Å². The van der Waals surface area contributed by atoms with Gasteiger partial charge in [-0.25, -0.2) is 4.98 Å². The second kappa shape index (κ2) is 8.05. The summed E-state index contributed by atoms with van der Waals surface area (Å²) < 4.78 is 0.753. The summed E-state index contributed by atoms with van der Waals surface area (Å²) in [4.78, 5) is 28.7. The van der Waals surface area contributed by atoms with Crippen molar-refractivity contribution in [2.24, 2.45) is 0 Å². The zero-order valence-corrected chi connectivity index (χ0v) is 18.0. The van der Waals surface area contributed by atoms with E-state index in [1.807, 2.05) is 11.4 Å². The molecule has 1 N–H and O–H groups in total. The third-order valence-corrected chi connectivity index (χ3v) is 7.02. The highest BCUT2D eigenvalue weighted by atomic mass is 35.5. The highest BCUT2D eigenvalue weighted by molar-refractivity contribution is 8.01. The van der Waals surface area contributed by atoms with Crippen molar-refractivity contribution in [2.45, 2.75) is 10.8 Å². The summed E-state index contributed by atoms with van der Waals surface area (Å²) in [6.45, 7) is 0. The van der Waals surface area contributed by atoms with Gasteiger partial charge in [-0.3, -0.25) is 9.59 Å². The molecule has 3 aromatic rings. The number of nitrogens with one attached hydrogen (secondary N) is 1. The van der Waals surface area contributed by atoms with Crippen LogP contribution < -0.4 is 5.32 Å². The Labute approximate surface area is 184 Å². The van der Waals surface area contributed by atoms with Gasteiger partial charge in [0.15, 0.2) is 10.1 Å². The van der Waals surface area contributed by atoms with Crippen LogP contribution in [-0.4, -0.2) is 22.4 Å². The lowest BCUT2D eigenvalue weighted by Gasteiger charge is -2.06. The molecule has 1 aliphatic rings. The Hall–Kier alpha value is -1.57. The van der Waals surface area contributed by atoms with Gasteiger partial charge in [0.1, 0.15) is 0 Å². The number of halogens is 3. The number of aromatic nitrogens is 1. The number of Topliss-reactive ketones (excluding diaryl/α,β-unsaturated/α-hetero) is 1. The molecule has 2 heterocycles. The average Bonchev–Trinajstić information content (AvgIpc) is 3.24. The number of rotatable bonds is 5. The van der Waals surface area contributed by atoms with Crippen LogP contribution >= 0.6 is 57.9 Å². The summed E-state index contributed by atoms with van der Waals surface area (Å²) in [5.74, 6) is -0.0130. The third kappa shape index (κ3) is 4.07. The number of hydrogen-bond donors (Lipinski definition) is 1. The van der Waals surface area contributed by atoms with Gasteiger partial charge >= 0.3 is 0 Å². The van der Waals surface area contributed by atoms with E-state index in [2.05, 4.69) is 10.3 Å². The smallest absolute Gasteiger partial charge is 0.228 e. The number of amides is 1. The maximum absolute atomic E-state index is 12.6. The molecule has 9 heteroatoms. The Bertz CT molecular complexity index is 1110. The quantitative estimate of drug-likeness (QED) is 0.355. The fraction of sp³-hybridized carbons (Fsp3) is 0.105. The maximum Gasteiger partial charge on any atom is 0.228 e. The number of fused-ring (bicyclic) bond motifs is 1. The molecule has 0 atom stereocenters. The molecule has 0 saturated heterocycles. The Morgan fingerprint density at radius 2 is 2.00 bits per heavy atom. The predicted octanol–water partition coefficient (Wildman–Crippen LogP) is 6.24. The van der Waals surface area contributed by atoms with Gasteiger partial charge in [-0.1, -0.05) is 46.6 Å². The Kier molecular flexibility index (Phi) is 5.67. The van der Waals surface area contributed by atoms with E-state index in [4.69, 9.17) is 34.8 Å². The molecule has 1 aromatic heterocycles. The lowest BCUT2D eigenvalue weighted by Crippen LogP contribution is -2.04. The van der Waals surface area contributed by atoms with Gasteiger partial charge in [-0.05, 0) is 35.9 Å². The first-order valence-corrected chi connectivity index (χ1v) is 11.1. The molecular formula is C19H11Cl3N2O2S2. The first-order valence-electron chi connectivity index (χ1n) is 8.10. The van der Waals surface area contributed by atoms with Gasteiger partial charge in [-0.15, -0.1) is 11.3 Å². The molecule has 0 bridgehead atoms. The first-order chi connectivity index (χ1) is 13.4. The molecule has 0 saturated carbocycles. The second-order valence-corrected chi connectivity index (χ2v) is 9.38. The topological polar surface area (TPSA) is 59.1 Å². The van der Waals surface area contributed by atoms with E-state index in [-0.39, 0.29) is 23.9 Å². The summed E-state index contributed by atoms with van der Waals surface area (Å²) in [6.07, 6.45) is 0.262. The van der Waals surface area contributed by atoms with E-state index < -0.39 is 0 Å². The van der Waals surface area contributed by atoms with Crippen molar-refractivity contribution >= 4 is 75.3 Å². The Morgan fingerprint density at radius 1 is 1.18 bits per heavy atom. The number of hydrogen-bond acceptors (Lipinski definition) is 5. The fourth-order valence-corrected chi connectivity index (χ4v) is 5.30. The first kappa shape index (κ1) is 19.7. The molecule has 0 aliphatic carbocycles. The van der Waals surface area contributed by atoms with Crippen molar-refractivity contribution in [1.29, 1.82) is 0 Å². The van der Waals surface area contributed by atoms with Crippen molar-refractivity contribution in [3.63, 3.8) is 0 Å². The van der Waals surface area contributed by atoms with Crippen LogP contribution in [0.1, 0.15) is 15.9 Å². The zero-order chi connectivity index (χ0) is 19.8. The van der Waals surface area contributed by atoms with Crippen LogP contribution in [0.15, 0.2) is 40.1 Å². The minimum atomic E-state index is -0.113. The lowest BCUT2D eigenvalue weighted by molar-refractivity contribution is -0.115. The van der Waals surface area contributed by atoms with Crippen molar-refractivity contribution in [2.75, 3.05) is 11.1 Å². The fourth-order valence-electron chi connectivity index (χ4n) is 2.81. The van der Waals surface area contributed by atoms with Crippen molar-refractivity contribution in [3.05, 3.63) is 61.9 Å². The summed E-state index contributed by atoms with van der Waals surface area (Å²) >= 11 is 21.2. The largest absolute Gasteiger partial charge is 0.325 e. The van der Waals surface area contributed by atoms with E-state index in [9.17, 15) is 9.59 Å². The predicted molar refractivity (Wildman–Crippen MR) is 116 cm³/mol. The molecule has 28 heavy (non-hydrogen) atoms. The van der Waals surface area contributed by atoms with Gasteiger partial charge < -0.3 is 5.32 Å². The highest BCUT2D eigenvalue weighted by Gasteiger charge is 2.22. The van der Waals surface area contributed by atoms with Crippen LogP contribution in [0.5, 0.6) is 0 Å². The summed E-state index contributed by atoms with van der Waals surface area (Å²) in [5.41, 5.74) is 3.41. The Morgan fingerprint density at radius 3 is 2.79 bits per heavy atom. The molecule has 4 nitrogen and oxygen atoms in total. The third-order valence-electron chi connectivity index (χ3n) is 4.14. The number of ketones is 1. The molecule has 1 amide bonds. The number of nitrogens with zero attached hydrogens (tertiary/aromatic N) is 1. The lowest BCUT2D eigenvalue weighted by atomic mass is 10.1. The van der Waals surface area contributed by atoms with Gasteiger partial charge in [0.05, 0.1) is 27.9 Å². The minimum absolute atomic E-state index is 0.0961. The molecule has 142 valence electrons. The molecule has 2 aromatic carbocycles. The number of thioether (sulfide) groups is 1. The molecule has 4 rings (SSSR count). The van der Waals surface area contributed by atoms with E-state index in [0.29, 0.717) is 26.3 Å². The van der Waals surface area contributed by atoms with Gasteiger partial charge in [0.2, 0.25) is 5.91 Å². The molecule has 0 spiro atoms. The number of carbonyl (C=O) groups is 2. The van der Waals surface area contributed by atoms with Crippen molar-refractivity contribution in [1.82, 2.24) is 4.98 Å². The molecular weight excluding hydrogens is 459 g/mol. The van der Waals surface area contributed by atoms with Gasteiger partial charge in [0.25, 0.3) is 0 Å². The summed E-state index contributed by atoms with van der Waals surface area (Å²) in [7, 11) is 0. The number of carbonyl (C=O) groups excluding carboxylic acids is 2.